The minimum Gasteiger partial charge on any atom is -0.493 e. The number of ether oxygens (including phenoxy) is 2. The molecule has 0 spiro atoms. The molecule has 3 rings (SSSR count). The Labute approximate surface area is 177 Å². The SMILES string of the molecule is CCN(Cc1ccc(OC)c(OC)c1)C(=O)Cn1nc(C)nc1-c1ccccc1C. The average molecular weight is 409 g/mol. The molecule has 1 heterocycles. The fourth-order valence-corrected chi connectivity index (χ4v) is 3.39. The molecule has 0 bridgehead atoms. The third-order valence-corrected chi connectivity index (χ3v) is 5.00. The highest BCUT2D eigenvalue weighted by molar-refractivity contribution is 5.76. The van der Waals surface area contributed by atoms with Crippen LogP contribution in [0.25, 0.3) is 11.4 Å². The fourth-order valence-electron chi connectivity index (χ4n) is 3.39. The van der Waals surface area contributed by atoms with Gasteiger partial charge in [-0.3, -0.25) is 4.79 Å². The summed E-state index contributed by atoms with van der Waals surface area (Å²) in [5, 5.41) is 4.46. The van der Waals surface area contributed by atoms with Crippen LogP contribution in [0.2, 0.25) is 0 Å². The molecule has 0 N–H and O–H groups in total. The van der Waals surface area contributed by atoms with Gasteiger partial charge in [0.1, 0.15) is 12.4 Å². The molecule has 0 saturated carbocycles. The summed E-state index contributed by atoms with van der Waals surface area (Å²) in [6.45, 7) is 7.02. The maximum absolute atomic E-state index is 13.1. The van der Waals surface area contributed by atoms with E-state index in [4.69, 9.17) is 9.47 Å². The van der Waals surface area contributed by atoms with E-state index in [0.717, 1.165) is 16.7 Å². The number of aryl methyl sites for hydroxylation is 2. The molecule has 30 heavy (non-hydrogen) atoms. The number of rotatable bonds is 8. The predicted molar refractivity (Wildman–Crippen MR) is 116 cm³/mol. The minimum atomic E-state index is -0.0213. The van der Waals surface area contributed by atoms with Crippen molar-refractivity contribution in [3.8, 4) is 22.9 Å². The highest BCUT2D eigenvalue weighted by Crippen LogP contribution is 2.28. The van der Waals surface area contributed by atoms with Crippen LogP contribution in [0.4, 0.5) is 0 Å². The zero-order valence-corrected chi connectivity index (χ0v) is 18.2. The highest BCUT2D eigenvalue weighted by Gasteiger charge is 2.19. The van der Waals surface area contributed by atoms with Gasteiger partial charge in [0.15, 0.2) is 17.3 Å². The standard InChI is InChI=1S/C23H28N4O3/c1-6-26(14-18-11-12-20(29-4)21(13-18)30-5)22(28)15-27-23(24-17(3)25-27)19-10-8-7-9-16(19)2/h7-13H,6,14-15H2,1-5H3. The maximum Gasteiger partial charge on any atom is 0.244 e. The average Bonchev–Trinajstić information content (AvgIpc) is 3.11. The van der Waals surface area contributed by atoms with Gasteiger partial charge in [0.05, 0.1) is 14.2 Å². The summed E-state index contributed by atoms with van der Waals surface area (Å²) >= 11 is 0. The van der Waals surface area contributed by atoms with Crippen LogP contribution < -0.4 is 9.47 Å². The lowest BCUT2D eigenvalue weighted by molar-refractivity contribution is -0.132. The maximum atomic E-state index is 13.1. The Hall–Kier alpha value is -3.35. The molecule has 7 nitrogen and oxygen atoms in total. The monoisotopic (exact) mass is 408 g/mol. The molecule has 1 amide bonds. The molecule has 2 aromatic carbocycles. The number of methoxy groups -OCH3 is 2. The number of amides is 1. The summed E-state index contributed by atoms with van der Waals surface area (Å²) < 4.78 is 12.4. The van der Waals surface area contributed by atoms with E-state index in [1.165, 1.54) is 0 Å². The van der Waals surface area contributed by atoms with E-state index in [0.29, 0.717) is 36.2 Å². The van der Waals surface area contributed by atoms with E-state index in [1.807, 2.05) is 63.2 Å². The van der Waals surface area contributed by atoms with Crippen molar-refractivity contribution in [2.45, 2.75) is 33.9 Å². The molecule has 158 valence electrons. The first-order chi connectivity index (χ1) is 14.5. The molecule has 0 aliphatic heterocycles. The Kier molecular flexibility index (Phi) is 6.72. The molecule has 0 unspecified atom stereocenters. The lowest BCUT2D eigenvalue weighted by Gasteiger charge is -2.22. The van der Waals surface area contributed by atoms with Crippen LogP contribution in [0.3, 0.4) is 0 Å². The van der Waals surface area contributed by atoms with Crippen molar-refractivity contribution in [1.29, 1.82) is 0 Å². The summed E-state index contributed by atoms with van der Waals surface area (Å²) in [4.78, 5) is 19.4. The fraction of sp³-hybridized carbons (Fsp3) is 0.348. The van der Waals surface area contributed by atoms with E-state index < -0.39 is 0 Å². The van der Waals surface area contributed by atoms with E-state index in [9.17, 15) is 4.79 Å². The first-order valence-corrected chi connectivity index (χ1v) is 9.93. The summed E-state index contributed by atoms with van der Waals surface area (Å²) in [5.41, 5.74) is 3.04. The van der Waals surface area contributed by atoms with Gasteiger partial charge in [-0.2, -0.15) is 5.10 Å². The summed E-state index contributed by atoms with van der Waals surface area (Å²) in [6, 6.07) is 13.7. The molecule has 0 fully saturated rings. The smallest absolute Gasteiger partial charge is 0.244 e. The Morgan fingerprint density at radius 1 is 1.07 bits per heavy atom. The Morgan fingerprint density at radius 3 is 2.47 bits per heavy atom. The van der Waals surface area contributed by atoms with Crippen molar-refractivity contribution in [2.24, 2.45) is 0 Å². The molecule has 0 saturated heterocycles. The van der Waals surface area contributed by atoms with Crippen LogP contribution >= 0.6 is 0 Å². The summed E-state index contributed by atoms with van der Waals surface area (Å²) in [7, 11) is 3.20. The molecule has 0 radical (unpaired) electrons. The quantitative estimate of drug-likeness (QED) is 0.569. The normalized spacial score (nSPS) is 10.7. The topological polar surface area (TPSA) is 69.5 Å². The number of hydrogen-bond acceptors (Lipinski definition) is 5. The van der Waals surface area contributed by atoms with E-state index >= 15 is 0 Å². The van der Waals surface area contributed by atoms with Gasteiger partial charge < -0.3 is 14.4 Å². The van der Waals surface area contributed by atoms with Crippen LogP contribution in [0.1, 0.15) is 23.9 Å². The van der Waals surface area contributed by atoms with Gasteiger partial charge in [-0.25, -0.2) is 9.67 Å². The zero-order chi connectivity index (χ0) is 21.7. The first-order valence-electron chi connectivity index (χ1n) is 9.93. The number of likely N-dealkylation sites (N-methyl/N-ethyl adjacent to an activating group) is 1. The first kappa shape index (κ1) is 21.4. The number of benzene rings is 2. The van der Waals surface area contributed by atoms with E-state index in [1.54, 1.807) is 23.8 Å². The van der Waals surface area contributed by atoms with Crippen molar-refractivity contribution in [2.75, 3.05) is 20.8 Å². The van der Waals surface area contributed by atoms with Crippen molar-refractivity contribution < 1.29 is 14.3 Å². The van der Waals surface area contributed by atoms with Gasteiger partial charge in [-0.15, -0.1) is 0 Å². The van der Waals surface area contributed by atoms with Gasteiger partial charge in [-0.1, -0.05) is 30.3 Å². The van der Waals surface area contributed by atoms with E-state index in [-0.39, 0.29) is 12.5 Å². The zero-order valence-electron chi connectivity index (χ0n) is 18.2. The highest BCUT2D eigenvalue weighted by atomic mass is 16.5. The summed E-state index contributed by atoms with van der Waals surface area (Å²) in [6.07, 6.45) is 0. The van der Waals surface area contributed by atoms with Gasteiger partial charge >= 0.3 is 0 Å². The Balaban J connectivity index is 1.81. The molecular weight excluding hydrogens is 380 g/mol. The second-order valence-corrected chi connectivity index (χ2v) is 7.05. The van der Waals surface area contributed by atoms with Gasteiger partial charge in [-0.05, 0) is 44.0 Å². The van der Waals surface area contributed by atoms with Crippen LogP contribution in [0.5, 0.6) is 11.5 Å². The van der Waals surface area contributed by atoms with Crippen LogP contribution in [-0.2, 0) is 17.9 Å². The largest absolute Gasteiger partial charge is 0.493 e. The van der Waals surface area contributed by atoms with Crippen molar-refractivity contribution in [3.63, 3.8) is 0 Å². The third kappa shape index (κ3) is 4.62. The van der Waals surface area contributed by atoms with Crippen LogP contribution in [-0.4, -0.2) is 46.3 Å². The van der Waals surface area contributed by atoms with Gasteiger partial charge in [0.25, 0.3) is 0 Å². The molecule has 7 heteroatoms. The minimum absolute atomic E-state index is 0.0213. The summed E-state index contributed by atoms with van der Waals surface area (Å²) in [5.74, 6) is 2.64. The molecule has 1 aromatic heterocycles. The van der Waals surface area contributed by atoms with Crippen LogP contribution in [0.15, 0.2) is 42.5 Å². The van der Waals surface area contributed by atoms with Gasteiger partial charge in [0.2, 0.25) is 5.91 Å². The predicted octanol–water partition coefficient (Wildman–Crippen LogP) is 3.63. The number of nitrogens with zero attached hydrogens (tertiary/aromatic N) is 4. The third-order valence-electron chi connectivity index (χ3n) is 5.00. The molecule has 3 aromatic rings. The number of carbonyl (C=O) groups excluding carboxylic acids is 1. The molecule has 0 aliphatic carbocycles. The van der Waals surface area contributed by atoms with Crippen molar-refractivity contribution >= 4 is 5.91 Å². The van der Waals surface area contributed by atoms with Crippen molar-refractivity contribution in [3.05, 3.63) is 59.4 Å². The lowest BCUT2D eigenvalue weighted by atomic mass is 10.1. The number of aromatic nitrogens is 3. The van der Waals surface area contributed by atoms with Gasteiger partial charge in [0, 0.05) is 18.7 Å². The Bertz CT molecular complexity index is 1030. The van der Waals surface area contributed by atoms with Crippen molar-refractivity contribution in [1.82, 2.24) is 19.7 Å². The molecule has 0 aliphatic rings. The number of carbonyl (C=O) groups is 1. The Morgan fingerprint density at radius 2 is 1.80 bits per heavy atom. The lowest BCUT2D eigenvalue weighted by Crippen LogP contribution is -2.33. The number of hydrogen-bond donors (Lipinski definition) is 0. The second kappa shape index (κ2) is 9.43. The molecule has 0 atom stereocenters. The van der Waals surface area contributed by atoms with Crippen LogP contribution in [0, 0.1) is 13.8 Å². The van der Waals surface area contributed by atoms with E-state index in [2.05, 4.69) is 10.1 Å². The molecular formula is C23H28N4O3. The second-order valence-electron chi connectivity index (χ2n) is 7.05.